The van der Waals surface area contributed by atoms with Gasteiger partial charge in [-0.3, -0.25) is 10.1 Å². The van der Waals surface area contributed by atoms with Gasteiger partial charge in [0.15, 0.2) is 10.9 Å². The smallest absolute Gasteiger partial charge is 0.293 e. The molecule has 4 rings (SSSR count). The summed E-state index contributed by atoms with van der Waals surface area (Å²) in [7, 11) is 0. The second kappa shape index (κ2) is 8.19. The van der Waals surface area contributed by atoms with E-state index in [2.05, 4.69) is 10.3 Å². The SMILES string of the molecule is O=C(Nc1ncc(Cc2ccc(Cl)cc2)s1)c1ccc(-c2ccccc2Cl)o1. The van der Waals surface area contributed by atoms with Gasteiger partial charge < -0.3 is 4.42 Å². The van der Waals surface area contributed by atoms with E-state index in [1.165, 1.54) is 11.3 Å². The Labute approximate surface area is 175 Å². The number of hydrogen-bond acceptors (Lipinski definition) is 4. The fraction of sp³-hybridized carbons (Fsp3) is 0.0476. The third kappa shape index (κ3) is 4.28. The topological polar surface area (TPSA) is 55.1 Å². The highest BCUT2D eigenvalue weighted by Gasteiger charge is 2.15. The van der Waals surface area contributed by atoms with Crippen LogP contribution in [0, 0.1) is 0 Å². The van der Waals surface area contributed by atoms with Crippen LogP contribution in [0.1, 0.15) is 21.0 Å². The molecule has 140 valence electrons. The standard InChI is InChI=1S/C21H14Cl2N2O2S/c22-14-7-5-13(6-8-14)11-15-12-24-21(28-15)25-20(26)19-10-9-18(27-19)16-3-1-2-4-17(16)23/h1-10,12H,11H2,(H,24,25,26). The van der Waals surface area contributed by atoms with Gasteiger partial charge in [-0.25, -0.2) is 4.98 Å². The first-order valence-corrected chi connectivity index (χ1v) is 10.0. The maximum Gasteiger partial charge on any atom is 0.293 e. The molecule has 0 bridgehead atoms. The number of nitrogens with zero attached hydrogens (tertiary/aromatic N) is 1. The lowest BCUT2D eigenvalue weighted by Gasteiger charge is -2.01. The van der Waals surface area contributed by atoms with Crippen LogP contribution in [0.4, 0.5) is 5.13 Å². The van der Waals surface area contributed by atoms with E-state index >= 15 is 0 Å². The molecule has 1 amide bonds. The summed E-state index contributed by atoms with van der Waals surface area (Å²) in [6, 6.07) is 18.3. The van der Waals surface area contributed by atoms with E-state index in [1.807, 2.05) is 42.5 Å². The summed E-state index contributed by atoms with van der Waals surface area (Å²) in [5.41, 5.74) is 1.86. The van der Waals surface area contributed by atoms with Crippen LogP contribution in [0.2, 0.25) is 10.0 Å². The van der Waals surface area contributed by atoms with Crippen LogP contribution in [-0.4, -0.2) is 10.9 Å². The van der Waals surface area contributed by atoms with Gasteiger partial charge in [0.05, 0.1) is 5.02 Å². The molecule has 4 aromatic rings. The Balaban J connectivity index is 1.44. The number of nitrogens with one attached hydrogen (secondary N) is 1. The first kappa shape index (κ1) is 18.7. The van der Waals surface area contributed by atoms with Crippen molar-refractivity contribution in [2.24, 2.45) is 0 Å². The molecule has 0 radical (unpaired) electrons. The van der Waals surface area contributed by atoms with Gasteiger partial charge in [-0.05, 0) is 42.0 Å². The molecule has 0 aliphatic rings. The number of furan rings is 1. The maximum atomic E-state index is 12.5. The molecule has 0 fully saturated rings. The van der Waals surface area contributed by atoms with Crippen LogP contribution in [0.3, 0.4) is 0 Å². The zero-order valence-corrected chi connectivity index (χ0v) is 16.8. The number of amides is 1. The minimum absolute atomic E-state index is 0.198. The van der Waals surface area contributed by atoms with Crippen LogP contribution in [0.15, 0.2) is 71.3 Å². The summed E-state index contributed by atoms with van der Waals surface area (Å²) in [5.74, 6) is 0.383. The van der Waals surface area contributed by atoms with Gasteiger partial charge in [-0.2, -0.15) is 0 Å². The molecular formula is C21H14Cl2N2O2S. The molecule has 0 saturated heterocycles. The van der Waals surface area contributed by atoms with E-state index in [4.69, 9.17) is 27.6 Å². The van der Waals surface area contributed by atoms with Crippen molar-refractivity contribution in [2.45, 2.75) is 6.42 Å². The average molecular weight is 429 g/mol. The quantitative estimate of drug-likeness (QED) is 0.391. The molecule has 0 unspecified atom stereocenters. The van der Waals surface area contributed by atoms with Crippen LogP contribution >= 0.6 is 34.5 Å². The molecular weight excluding hydrogens is 415 g/mol. The minimum Gasteiger partial charge on any atom is -0.451 e. The van der Waals surface area contributed by atoms with E-state index in [0.717, 1.165) is 22.4 Å². The van der Waals surface area contributed by atoms with Gasteiger partial charge in [0.25, 0.3) is 5.91 Å². The highest BCUT2D eigenvalue weighted by atomic mass is 35.5. The summed E-state index contributed by atoms with van der Waals surface area (Å²) in [5, 5.41) is 4.56. The van der Waals surface area contributed by atoms with E-state index in [-0.39, 0.29) is 11.7 Å². The number of anilines is 1. The number of hydrogen-bond donors (Lipinski definition) is 1. The maximum absolute atomic E-state index is 12.5. The highest BCUT2D eigenvalue weighted by Crippen LogP contribution is 2.29. The monoisotopic (exact) mass is 428 g/mol. The zero-order chi connectivity index (χ0) is 19.5. The van der Waals surface area contributed by atoms with E-state index in [9.17, 15) is 4.79 Å². The third-order valence-electron chi connectivity index (χ3n) is 4.03. The Bertz CT molecular complexity index is 1120. The van der Waals surface area contributed by atoms with Crippen molar-refractivity contribution in [1.82, 2.24) is 4.98 Å². The molecule has 4 nitrogen and oxygen atoms in total. The fourth-order valence-electron chi connectivity index (χ4n) is 2.67. The number of thiazole rings is 1. The molecule has 2 aromatic carbocycles. The van der Waals surface area contributed by atoms with Crippen LogP contribution in [0.25, 0.3) is 11.3 Å². The Morgan fingerprint density at radius 3 is 2.61 bits per heavy atom. The Morgan fingerprint density at radius 2 is 1.82 bits per heavy atom. The lowest BCUT2D eigenvalue weighted by Crippen LogP contribution is -2.10. The third-order valence-corrected chi connectivity index (χ3v) is 5.53. The summed E-state index contributed by atoms with van der Waals surface area (Å²) in [6.45, 7) is 0. The molecule has 0 spiro atoms. The Kier molecular flexibility index (Phi) is 5.48. The summed E-state index contributed by atoms with van der Waals surface area (Å²) in [6.07, 6.45) is 2.48. The molecule has 0 atom stereocenters. The fourth-order valence-corrected chi connectivity index (χ4v) is 3.87. The van der Waals surface area contributed by atoms with Crippen LogP contribution < -0.4 is 5.32 Å². The lowest BCUT2D eigenvalue weighted by atomic mass is 10.1. The molecule has 1 N–H and O–H groups in total. The molecule has 2 aromatic heterocycles. The second-order valence-electron chi connectivity index (χ2n) is 6.03. The molecule has 2 heterocycles. The second-order valence-corrected chi connectivity index (χ2v) is 7.99. The normalized spacial score (nSPS) is 10.8. The first-order valence-electron chi connectivity index (χ1n) is 8.44. The van der Waals surface area contributed by atoms with Crippen molar-refractivity contribution < 1.29 is 9.21 Å². The van der Waals surface area contributed by atoms with Crippen molar-refractivity contribution in [3.05, 3.63) is 93.1 Å². The molecule has 0 saturated carbocycles. The molecule has 0 aliphatic heterocycles. The number of rotatable bonds is 5. The molecule has 0 aliphatic carbocycles. The van der Waals surface area contributed by atoms with Crippen molar-refractivity contribution in [3.63, 3.8) is 0 Å². The minimum atomic E-state index is -0.356. The van der Waals surface area contributed by atoms with E-state index in [1.54, 1.807) is 24.4 Å². The van der Waals surface area contributed by atoms with Gasteiger partial charge in [0.2, 0.25) is 0 Å². The predicted octanol–water partition coefficient (Wildman–Crippen LogP) is 6.55. The number of benzene rings is 2. The van der Waals surface area contributed by atoms with Crippen LogP contribution in [0.5, 0.6) is 0 Å². The van der Waals surface area contributed by atoms with Crippen molar-refractivity contribution >= 4 is 45.6 Å². The average Bonchev–Trinajstić information content (AvgIpc) is 3.34. The number of aromatic nitrogens is 1. The number of carbonyl (C=O) groups is 1. The summed E-state index contributed by atoms with van der Waals surface area (Å²) in [4.78, 5) is 17.8. The van der Waals surface area contributed by atoms with Crippen molar-refractivity contribution in [1.29, 1.82) is 0 Å². The number of carbonyl (C=O) groups excluding carboxylic acids is 1. The Morgan fingerprint density at radius 1 is 1.04 bits per heavy atom. The van der Waals surface area contributed by atoms with E-state index in [0.29, 0.717) is 20.9 Å². The van der Waals surface area contributed by atoms with Gasteiger partial charge in [-0.15, -0.1) is 11.3 Å². The van der Waals surface area contributed by atoms with Crippen LogP contribution in [-0.2, 0) is 6.42 Å². The first-order chi connectivity index (χ1) is 13.6. The molecule has 7 heteroatoms. The predicted molar refractivity (Wildman–Crippen MR) is 113 cm³/mol. The molecule has 28 heavy (non-hydrogen) atoms. The van der Waals surface area contributed by atoms with Crippen molar-refractivity contribution in [3.8, 4) is 11.3 Å². The van der Waals surface area contributed by atoms with Gasteiger partial charge in [0, 0.05) is 28.1 Å². The summed E-state index contributed by atoms with van der Waals surface area (Å²) < 4.78 is 5.67. The van der Waals surface area contributed by atoms with E-state index < -0.39 is 0 Å². The van der Waals surface area contributed by atoms with Gasteiger partial charge >= 0.3 is 0 Å². The van der Waals surface area contributed by atoms with Gasteiger partial charge in [-0.1, -0.05) is 47.5 Å². The number of halogens is 2. The summed E-state index contributed by atoms with van der Waals surface area (Å²) >= 11 is 13.5. The van der Waals surface area contributed by atoms with Gasteiger partial charge in [0.1, 0.15) is 5.76 Å². The largest absolute Gasteiger partial charge is 0.451 e. The zero-order valence-electron chi connectivity index (χ0n) is 14.5. The Hall–Kier alpha value is -2.60. The highest BCUT2D eigenvalue weighted by molar-refractivity contribution is 7.15. The lowest BCUT2D eigenvalue weighted by molar-refractivity contribution is 0.0997. The van der Waals surface area contributed by atoms with Crippen molar-refractivity contribution in [2.75, 3.05) is 5.32 Å².